The molecule has 3 aliphatic heterocycles. The number of pyridine rings is 1. The number of nitrogens with one attached hydrogen (secondary N) is 1. The number of nitriles is 1. The Kier molecular flexibility index (Phi) is 6.75. The lowest BCUT2D eigenvalue weighted by Gasteiger charge is -2.37. The zero-order valence-corrected chi connectivity index (χ0v) is 26.4. The largest absolute Gasteiger partial charge is 0.508 e. The Bertz CT molecular complexity index is 2090. The number of rotatable bonds is 6. The summed E-state index contributed by atoms with van der Waals surface area (Å²) in [7, 11) is 2.10. The van der Waals surface area contributed by atoms with Gasteiger partial charge in [-0.15, -0.1) is 0 Å². The van der Waals surface area contributed by atoms with Crippen molar-refractivity contribution in [1.82, 2.24) is 19.8 Å². The lowest BCUT2D eigenvalue weighted by atomic mass is 9.79. The third-order valence-corrected chi connectivity index (χ3v) is 10.8. The predicted octanol–water partition coefficient (Wildman–Crippen LogP) is 7.32. The molecule has 236 valence electrons. The predicted molar refractivity (Wildman–Crippen MR) is 175 cm³/mol. The van der Waals surface area contributed by atoms with E-state index in [1.807, 2.05) is 6.07 Å². The summed E-state index contributed by atoms with van der Waals surface area (Å²) in [5.74, 6) is -1.02. The van der Waals surface area contributed by atoms with E-state index in [0.717, 1.165) is 48.9 Å². The number of hydrogen-bond donors (Lipinski definition) is 2. The molecule has 1 aliphatic carbocycles. The lowest BCUT2D eigenvalue weighted by molar-refractivity contribution is 0.119. The molecule has 3 aromatic carbocycles. The highest BCUT2D eigenvalue weighted by atomic mass is 19.1. The fourth-order valence-electron chi connectivity index (χ4n) is 8.50. The van der Waals surface area contributed by atoms with E-state index in [0.29, 0.717) is 45.1 Å². The number of hydrogen-bond acceptors (Lipinski definition) is 6. The number of ether oxygens (including phenoxy) is 1. The molecule has 5 heterocycles. The van der Waals surface area contributed by atoms with E-state index >= 15 is 4.39 Å². The summed E-state index contributed by atoms with van der Waals surface area (Å²) in [6, 6.07) is 14.2. The third kappa shape index (κ3) is 4.30. The molecule has 4 aliphatic rings. The van der Waals surface area contributed by atoms with Crippen molar-refractivity contribution in [2.24, 2.45) is 5.92 Å². The monoisotopic (exact) mass is 621 g/mol. The first-order valence-electron chi connectivity index (χ1n) is 16.2. The fourth-order valence-corrected chi connectivity index (χ4v) is 8.50. The van der Waals surface area contributed by atoms with Gasteiger partial charge in [0.05, 0.1) is 28.9 Å². The molecule has 6 atom stereocenters. The summed E-state index contributed by atoms with van der Waals surface area (Å²) in [5, 5.41) is 26.9. The van der Waals surface area contributed by atoms with Gasteiger partial charge in [0.25, 0.3) is 0 Å². The van der Waals surface area contributed by atoms with Gasteiger partial charge in [0.15, 0.2) is 5.82 Å². The van der Waals surface area contributed by atoms with Crippen LogP contribution in [0.15, 0.2) is 42.5 Å². The maximum atomic E-state index is 17.4. The maximum absolute atomic E-state index is 17.4. The summed E-state index contributed by atoms with van der Waals surface area (Å²) < 4.78 is 41.0. The summed E-state index contributed by atoms with van der Waals surface area (Å²) in [6.45, 7) is 7.82. The van der Waals surface area contributed by atoms with E-state index < -0.39 is 17.6 Å². The molecule has 9 heteroatoms. The van der Waals surface area contributed by atoms with Gasteiger partial charge < -0.3 is 19.7 Å². The average molecular weight is 622 g/mol. The minimum Gasteiger partial charge on any atom is -0.508 e. The summed E-state index contributed by atoms with van der Waals surface area (Å²) in [5.41, 5.74) is 2.94. The zero-order chi connectivity index (χ0) is 32.0. The summed E-state index contributed by atoms with van der Waals surface area (Å²) >= 11 is 0. The van der Waals surface area contributed by atoms with Gasteiger partial charge in [-0.1, -0.05) is 6.07 Å². The molecule has 5 aromatic rings. The Morgan fingerprint density at radius 1 is 1.11 bits per heavy atom. The molecule has 1 saturated carbocycles. The van der Waals surface area contributed by atoms with Crippen LogP contribution in [0.2, 0.25) is 0 Å². The first-order valence-corrected chi connectivity index (χ1v) is 16.2. The van der Waals surface area contributed by atoms with Crippen molar-refractivity contribution in [2.75, 3.05) is 20.1 Å². The van der Waals surface area contributed by atoms with Crippen LogP contribution in [-0.4, -0.2) is 57.9 Å². The molecule has 4 fully saturated rings. The Morgan fingerprint density at radius 3 is 2.63 bits per heavy atom. The molecule has 3 saturated heterocycles. The van der Waals surface area contributed by atoms with Crippen LogP contribution in [-0.2, 0) is 0 Å². The summed E-state index contributed by atoms with van der Waals surface area (Å²) in [6.07, 6.45) is 3.04. The number of likely N-dealkylation sites (tertiary alicyclic amines) is 1. The Labute approximate surface area is 266 Å². The highest BCUT2D eigenvalue weighted by Crippen LogP contribution is 2.49. The van der Waals surface area contributed by atoms with Crippen LogP contribution in [0.4, 0.5) is 8.78 Å². The molecule has 2 aromatic heterocycles. The number of fused-ring (bicyclic) bond motifs is 5. The Balaban J connectivity index is 1.45. The van der Waals surface area contributed by atoms with Gasteiger partial charge in [-0.05, 0) is 118 Å². The van der Waals surface area contributed by atoms with Crippen LogP contribution in [0.5, 0.6) is 11.6 Å². The normalized spacial score (nSPS) is 24.0. The van der Waals surface area contributed by atoms with Crippen LogP contribution in [0.3, 0.4) is 0 Å². The summed E-state index contributed by atoms with van der Waals surface area (Å²) in [4.78, 5) is 7.22. The van der Waals surface area contributed by atoms with Gasteiger partial charge in [0.2, 0.25) is 5.88 Å². The number of benzene rings is 3. The SMILES string of the molecule is Cc1cc2c(O[C@@H](C)[C@@H]3CCCN3C)nc3c(F)c(-c4cc(O)cc5ccc(F)cc45)c(C(C)C#N)cc3c2n1[C@H]1[C@H]2CN[C@@H]1C2. The van der Waals surface area contributed by atoms with Crippen molar-refractivity contribution < 1.29 is 18.6 Å². The van der Waals surface area contributed by atoms with Crippen LogP contribution < -0.4 is 10.1 Å². The number of aryl methyl sites for hydroxylation is 1. The van der Waals surface area contributed by atoms with E-state index in [1.54, 1.807) is 13.0 Å². The second-order valence-electron chi connectivity index (χ2n) is 13.6. The molecule has 0 spiro atoms. The number of aromatic hydroxyl groups is 1. The van der Waals surface area contributed by atoms with Gasteiger partial charge in [-0.2, -0.15) is 5.26 Å². The van der Waals surface area contributed by atoms with E-state index in [-0.39, 0.29) is 35.0 Å². The number of phenolic OH excluding ortho intramolecular Hbond substituents is 1. The van der Waals surface area contributed by atoms with Crippen LogP contribution in [0, 0.1) is 35.8 Å². The quantitative estimate of drug-likeness (QED) is 0.207. The topological polar surface area (TPSA) is 86.3 Å². The number of likely N-dealkylation sites (N-methyl/N-ethyl adjacent to an activating group) is 1. The van der Waals surface area contributed by atoms with Gasteiger partial charge in [-0.3, -0.25) is 4.90 Å². The van der Waals surface area contributed by atoms with Crippen molar-refractivity contribution in [3.8, 4) is 28.8 Å². The molecule has 0 amide bonds. The molecule has 0 radical (unpaired) electrons. The van der Waals surface area contributed by atoms with Gasteiger partial charge >= 0.3 is 0 Å². The molecule has 2 bridgehead atoms. The van der Waals surface area contributed by atoms with Gasteiger partial charge in [0.1, 0.15) is 23.2 Å². The first kappa shape index (κ1) is 29.2. The molecular weight excluding hydrogens is 584 g/mol. The Hall–Kier alpha value is -4.26. The number of phenols is 1. The van der Waals surface area contributed by atoms with Crippen molar-refractivity contribution in [3.05, 3.63) is 65.4 Å². The van der Waals surface area contributed by atoms with Crippen molar-refractivity contribution in [2.45, 2.75) is 70.2 Å². The smallest absolute Gasteiger partial charge is 0.223 e. The first-order chi connectivity index (χ1) is 22.1. The third-order valence-electron chi connectivity index (χ3n) is 10.8. The van der Waals surface area contributed by atoms with Crippen molar-refractivity contribution >= 4 is 32.6 Å². The Morgan fingerprint density at radius 2 is 1.93 bits per heavy atom. The van der Waals surface area contributed by atoms with Crippen molar-refractivity contribution in [3.63, 3.8) is 0 Å². The molecule has 7 nitrogen and oxygen atoms in total. The molecule has 2 N–H and O–H groups in total. The standard InChI is InChI=1S/C37H37F2N5O2/c1-18(16-40)25-15-28-34(33(39)32(25)27-14-24(45)11-21-7-8-23(38)13-26(21)27)42-37(46-20(3)31-6-5-9-43(31)4)29-10-19(2)44(36(28)29)35-22-12-30(35)41-17-22/h7-8,10-11,13-15,18,20,22,30-31,35,41,45H,5-6,9,12,17H2,1-4H3/t18?,20-,22+,30+,31-,35-/m0/s1. The van der Waals surface area contributed by atoms with E-state index in [2.05, 4.69) is 47.8 Å². The van der Waals surface area contributed by atoms with Gasteiger partial charge in [-0.25, -0.2) is 13.8 Å². The van der Waals surface area contributed by atoms with E-state index in [9.17, 15) is 14.8 Å². The second kappa shape index (κ2) is 10.6. The van der Waals surface area contributed by atoms with Crippen molar-refractivity contribution in [1.29, 1.82) is 5.26 Å². The van der Waals surface area contributed by atoms with E-state index in [4.69, 9.17) is 9.72 Å². The van der Waals surface area contributed by atoms with Crippen LogP contribution in [0.1, 0.15) is 56.3 Å². The minimum absolute atomic E-state index is 0.0800. The number of halogens is 2. The zero-order valence-electron chi connectivity index (χ0n) is 26.4. The van der Waals surface area contributed by atoms with Crippen LogP contribution in [0.25, 0.3) is 43.7 Å². The number of nitrogens with zero attached hydrogens (tertiary/aromatic N) is 4. The maximum Gasteiger partial charge on any atom is 0.223 e. The highest BCUT2D eigenvalue weighted by molar-refractivity contribution is 6.10. The molecule has 46 heavy (non-hydrogen) atoms. The van der Waals surface area contributed by atoms with Crippen LogP contribution >= 0.6 is 0 Å². The second-order valence-corrected chi connectivity index (χ2v) is 13.6. The van der Waals surface area contributed by atoms with Gasteiger partial charge in [0, 0.05) is 35.3 Å². The molecular formula is C37H37F2N5O2. The molecule has 9 rings (SSSR count). The average Bonchev–Trinajstić information content (AvgIpc) is 3.83. The van der Waals surface area contributed by atoms with E-state index in [1.165, 1.54) is 24.3 Å². The minimum atomic E-state index is -0.699. The number of aromatic nitrogens is 2. The lowest BCUT2D eigenvalue weighted by Crippen LogP contribution is -2.39. The fraction of sp³-hybridized carbons (Fsp3) is 0.405. The highest BCUT2D eigenvalue weighted by Gasteiger charge is 2.48. The molecule has 1 unspecified atom stereocenters.